The molecule has 0 unspecified atom stereocenters. The van der Waals surface area contributed by atoms with Crippen molar-refractivity contribution in [1.82, 2.24) is 19.7 Å². The average molecular weight is 494 g/mol. The number of nitrogens with one attached hydrogen (secondary N) is 1. The van der Waals surface area contributed by atoms with Crippen molar-refractivity contribution in [2.45, 2.75) is 33.8 Å². The molecule has 2 aromatic carbocycles. The van der Waals surface area contributed by atoms with Crippen LogP contribution in [0.25, 0.3) is 11.4 Å². The van der Waals surface area contributed by atoms with Crippen LogP contribution in [0.3, 0.4) is 0 Å². The second-order valence-corrected chi connectivity index (χ2v) is 10.0. The third kappa shape index (κ3) is 5.40. The predicted molar refractivity (Wildman–Crippen MR) is 133 cm³/mol. The molecule has 0 atom stereocenters. The van der Waals surface area contributed by atoms with Crippen LogP contribution in [0.4, 0.5) is 5.69 Å². The van der Waals surface area contributed by atoms with Crippen LogP contribution in [0.5, 0.6) is 0 Å². The summed E-state index contributed by atoms with van der Waals surface area (Å²) < 4.78 is 2.14. The van der Waals surface area contributed by atoms with Crippen LogP contribution in [0.15, 0.2) is 88.0 Å². The third-order valence-electron chi connectivity index (χ3n) is 5.03. The summed E-state index contributed by atoms with van der Waals surface area (Å²) in [7, 11) is 0. The molecule has 0 saturated heterocycles. The van der Waals surface area contributed by atoms with Crippen molar-refractivity contribution in [3.8, 4) is 11.4 Å². The van der Waals surface area contributed by atoms with E-state index in [1.165, 1.54) is 11.8 Å². The molecule has 1 saturated carbocycles. The summed E-state index contributed by atoms with van der Waals surface area (Å²) in [5.41, 5.74) is 1.71. The molecular formula is C24H20ClN5OS2. The van der Waals surface area contributed by atoms with Gasteiger partial charge in [0.2, 0.25) is 5.91 Å². The van der Waals surface area contributed by atoms with Gasteiger partial charge >= 0.3 is 0 Å². The molecule has 1 N–H and O–H groups in total. The van der Waals surface area contributed by atoms with Gasteiger partial charge in [0, 0.05) is 38.8 Å². The Balaban J connectivity index is 1.27. The lowest BCUT2D eigenvalue weighted by atomic mass is 10.3. The smallest absolute Gasteiger partial charge is 0.234 e. The number of thioether (sulfide) groups is 1. The van der Waals surface area contributed by atoms with Crippen LogP contribution in [0.2, 0.25) is 5.02 Å². The standard InChI is InChI=1S/C24H20ClN5OS2/c25-17-7-11-19(12-8-17)33-21-6-2-1-5-20(21)27-22(31)15-32-24-29-28-23(30(24)18-9-10-18)16-4-3-13-26-14-16/h1-8,11-14,18H,9-10,15H2,(H,27,31). The van der Waals surface area contributed by atoms with Crippen molar-refractivity contribution in [2.75, 3.05) is 11.1 Å². The first-order chi connectivity index (χ1) is 16.2. The number of carbonyl (C=O) groups is 1. The van der Waals surface area contributed by atoms with E-state index in [0.717, 1.165) is 44.9 Å². The number of aromatic nitrogens is 4. The van der Waals surface area contributed by atoms with Crippen LogP contribution in [0.1, 0.15) is 18.9 Å². The lowest BCUT2D eigenvalue weighted by molar-refractivity contribution is -0.113. The lowest BCUT2D eigenvalue weighted by Crippen LogP contribution is -2.15. The van der Waals surface area contributed by atoms with E-state index >= 15 is 0 Å². The molecule has 0 spiro atoms. The highest BCUT2D eigenvalue weighted by Crippen LogP contribution is 2.41. The minimum Gasteiger partial charge on any atom is -0.324 e. The van der Waals surface area contributed by atoms with Crippen molar-refractivity contribution < 1.29 is 4.79 Å². The molecule has 1 aliphatic rings. The number of pyridine rings is 1. The number of hydrogen-bond donors (Lipinski definition) is 1. The van der Waals surface area contributed by atoms with Crippen molar-refractivity contribution in [3.63, 3.8) is 0 Å². The number of amides is 1. The fraction of sp³-hybridized carbons (Fsp3) is 0.167. The topological polar surface area (TPSA) is 72.7 Å². The molecule has 166 valence electrons. The van der Waals surface area contributed by atoms with Crippen LogP contribution < -0.4 is 5.32 Å². The van der Waals surface area contributed by atoms with Crippen LogP contribution in [-0.4, -0.2) is 31.4 Å². The number of nitrogens with zero attached hydrogens (tertiary/aromatic N) is 4. The zero-order chi connectivity index (χ0) is 22.6. The van der Waals surface area contributed by atoms with E-state index in [4.69, 9.17) is 11.6 Å². The number of benzene rings is 2. The molecule has 2 aromatic heterocycles. The Bertz CT molecular complexity index is 1260. The number of anilines is 1. The van der Waals surface area contributed by atoms with E-state index in [0.29, 0.717) is 11.1 Å². The first kappa shape index (κ1) is 22.0. The van der Waals surface area contributed by atoms with Gasteiger partial charge in [-0.1, -0.05) is 47.3 Å². The monoisotopic (exact) mass is 493 g/mol. The van der Waals surface area contributed by atoms with Gasteiger partial charge in [0.25, 0.3) is 0 Å². The molecule has 1 aliphatic carbocycles. The van der Waals surface area contributed by atoms with Gasteiger partial charge in [-0.25, -0.2) is 0 Å². The number of para-hydroxylation sites is 1. The summed E-state index contributed by atoms with van der Waals surface area (Å²) in [4.78, 5) is 19.0. The fourth-order valence-electron chi connectivity index (χ4n) is 3.33. The van der Waals surface area contributed by atoms with Crippen LogP contribution in [-0.2, 0) is 4.79 Å². The average Bonchev–Trinajstić information content (AvgIpc) is 3.59. The highest BCUT2D eigenvalue weighted by atomic mass is 35.5. The van der Waals surface area contributed by atoms with Crippen molar-refractivity contribution in [3.05, 3.63) is 78.1 Å². The van der Waals surface area contributed by atoms with Gasteiger partial charge in [0.15, 0.2) is 11.0 Å². The fourth-order valence-corrected chi connectivity index (χ4v) is 5.17. The largest absolute Gasteiger partial charge is 0.324 e. The maximum Gasteiger partial charge on any atom is 0.234 e. The molecule has 33 heavy (non-hydrogen) atoms. The maximum absolute atomic E-state index is 12.8. The summed E-state index contributed by atoms with van der Waals surface area (Å²) in [6, 6.07) is 19.7. The molecule has 0 radical (unpaired) electrons. The Morgan fingerprint density at radius 2 is 1.88 bits per heavy atom. The SMILES string of the molecule is O=C(CSc1nnc(-c2cccnc2)n1C1CC1)Nc1ccccc1Sc1ccc(Cl)cc1. The second kappa shape index (κ2) is 9.99. The van der Waals surface area contributed by atoms with Crippen molar-refractivity contribution in [1.29, 1.82) is 0 Å². The zero-order valence-electron chi connectivity index (χ0n) is 17.5. The van der Waals surface area contributed by atoms with Gasteiger partial charge in [0.1, 0.15) is 0 Å². The van der Waals surface area contributed by atoms with Gasteiger partial charge in [-0.3, -0.25) is 14.3 Å². The molecule has 0 bridgehead atoms. The first-order valence-electron chi connectivity index (χ1n) is 10.5. The number of carbonyl (C=O) groups excluding carboxylic acids is 1. The Morgan fingerprint density at radius 3 is 2.64 bits per heavy atom. The van der Waals surface area contributed by atoms with E-state index in [-0.39, 0.29) is 11.7 Å². The molecule has 6 nitrogen and oxygen atoms in total. The maximum atomic E-state index is 12.8. The number of halogens is 1. The van der Waals surface area contributed by atoms with Crippen molar-refractivity contribution >= 4 is 46.7 Å². The minimum atomic E-state index is -0.0857. The zero-order valence-corrected chi connectivity index (χ0v) is 19.9. The number of hydrogen-bond acceptors (Lipinski definition) is 6. The lowest BCUT2D eigenvalue weighted by Gasteiger charge is -2.11. The van der Waals surface area contributed by atoms with E-state index in [1.807, 2.05) is 60.7 Å². The summed E-state index contributed by atoms with van der Waals surface area (Å²) in [6.07, 6.45) is 5.73. The van der Waals surface area contributed by atoms with Gasteiger partial charge in [0.05, 0.1) is 11.4 Å². The summed E-state index contributed by atoms with van der Waals surface area (Å²) in [5, 5.41) is 13.2. The summed E-state index contributed by atoms with van der Waals surface area (Å²) in [5.74, 6) is 0.966. The summed E-state index contributed by atoms with van der Waals surface area (Å²) >= 11 is 8.98. The molecule has 9 heteroatoms. The van der Waals surface area contributed by atoms with Crippen LogP contribution >= 0.6 is 35.1 Å². The van der Waals surface area contributed by atoms with E-state index < -0.39 is 0 Å². The number of rotatable bonds is 8. The van der Waals surface area contributed by atoms with E-state index in [2.05, 4.69) is 25.1 Å². The predicted octanol–water partition coefficient (Wildman–Crippen LogP) is 6.21. The normalized spacial score (nSPS) is 13.1. The second-order valence-electron chi connectivity index (χ2n) is 7.54. The summed E-state index contributed by atoms with van der Waals surface area (Å²) in [6.45, 7) is 0. The van der Waals surface area contributed by atoms with E-state index in [9.17, 15) is 4.79 Å². The Labute approximate surface area is 205 Å². The Morgan fingerprint density at radius 1 is 1.06 bits per heavy atom. The third-order valence-corrected chi connectivity index (χ3v) is 7.31. The van der Waals surface area contributed by atoms with Crippen molar-refractivity contribution in [2.24, 2.45) is 0 Å². The van der Waals surface area contributed by atoms with Crippen LogP contribution in [0, 0.1) is 0 Å². The minimum absolute atomic E-state index is 0.0857. The Hall–Kier alpha value is -2.81. The highest BCUT2D eigenvalue weighted by molar-refractivity contribution is 8.00. The van der Waals surface area contributed by atoms with Gasteiger partial charge < -0.3 is 5.32 Å². The molecule has 1 amide bonds. The Kier molecular flexibility index (Phi) is 6.66. The molecule has 0 aliphatic heterocycles. The quantitative estimate of drug-likeness (QED) is 0.294. The molecule has 5 rings (SSSR count). The van der Waals surface area contributed by atoms with Gasteiger partial charge in [-0.15, -0.1) is 10.2 Å². The van der Waals surface area contributed by atoms with E-state index in [1.54, 1.807) is 24.2 Å². The first-order valence-corrected chi connectivity index (χ1v) is 12.7. The highest BCUT2D eigenvalue weighted by Gasteiger charge is 2.30. The molecule has 4 aromatic rings. The molecule has 1 fully saturated rings. The van der Waals surface area contributed by atoms with Gasteiger partial charge in [-0.05, 0) is 61.4 Å². The molecular weight excluding hydrogens is 474 g/mol. The van der Waals surface area contributed by atoms with Gasteiger partial charge in [-0.2, -0.15) is 0 Å². The molecule has 2 heterocycles.